The van der Waals surface area contributed by atoms with Crippen molar-refractivity contribution < 1.29 is 17.9 Å². The van der Waals surface area contributed by atoms with Crippen molar-refractivity contribution in [1.29, 1.82) is 0 Å². The Morgan fingerprint density at radius 3 is 0.909 bits per heavy atom. The normalized spacial score (nSPS) is 15.3. The van der Waals surface area contributed by atoms with Crippen molar-refractivity contribution in [1.82, 2.24) is 0 Å². The van der Waals surface area contributed by atoms with Gasteiger partial charge >= 0.3 is 0 Å². The third-order valence-corrected chi connectivity index (χ3v) is 3.74. The van der Waals surface area contributed by atoms with Gasteiger partial charge in [0.05, 0.1) is 111 Å². The Balaban J connectivity index is 5.58. The molecule has 0 aromatic carbocycles. The minimum Gasteiger partial charge on any atom is -0.331 e. The van der Waals surface area contributed by atoms with Gasteiger partial charge in [-0.15, -0.1) is 0 Å². The van der Waals surface area contributed by atoms with Gasteiger partial charge in [-0.2, -0.15) is 0 Å². The summed E-state index contributed by atoms with van der Waals surface area (Å²) in [5.41, 5.74) is 0.361. The Hall–Kier alpha value is -0.160. The molecule has 0 aliphatic heterocycles. The van der Waals surface area contributed by atoms with E-state index in [9.17, 15) is 0 Å². The van der Waals surface area contributed by atoms with E-state index >= 15 is 0 Å². The van der Waals surface area contributed by atoms with Gasteiger partial charge in [-0.1, -0.05) is 0 Å². The summed E-state index contributed by atoms with van der Waals surface area (Å²) in [7, 11) is 28.0. The average molecular weight is 319 g/mol. The summed E-state index contributed by atoms with van der Waals surface area (Å²) >= 11 is 0. The van der Waals surface area contributed by atoms with E-state index in [0.29, 0.717) is 5.41 Å². The summed E-state index contributed by atoms with van der Waals surface area (Å²) in [5.74, 6) is 0. The van der Waals surface area contributed by atoms with Crippen molar-refractivity contribution in [3.63, 3.8) is 0 Å². The fraction of sp³-hybridized carbons (Fsp3) is 1.00. The first-order valence-corrected chi connectivity index (χ1v) is 8.55. The van der Waals surface area contributed by atoms with Gasteiger partial charge in [0.1, 0.15) is 5.41 Å². The van der Waals surface area contributed by atoms with Crippen LogP contribution in [0.15, 0.2) is 0 Å². The van der Waals surface area contributed by atoms with Crippen LogP contribution in [0.1, 0.15) is 6.42 Å². The summed E-state index contributed by atoms with van der Waals surface area (Å²) in [5, 5.41) is 0. The molecule has 4 heteroatoms. The molecule has 0 aromatic heterocycles. The molecule has 0 rings (SSSR count). The summed E-state index contributed by atoms with van der Waals surface area (Å²) < 4.78 is 4.17. The minimum absolute atomic E-state index is 0.361. The number of rotatable bonds is 9. The molecule has 0 spiro atoms. The first-order valence-electron chi connectivity index (χ1n) is 8.55. The van der Waals surface area contributed by atoms with Crippen molar-refractivity contribution in [2.45, 2.75) is 6.42 Å². The smallest absolute Gasteiger partial charge is 0.122 e. The van der Waals surface area contributed by atoms with Gasteiger partial charge in [-0.05, 0) is 0 Å². The molecule has 0 heterocycles. The van der Waals surface area contributed by atoms with Crippen molar-refractivity contribution in [2.75, 3.05) is 111 Å². The molecule has 134 valence electrons. The summed E-state index contributed by atoms with van der Waals surface area (Å²) in [6, 6.07) is 0. The van der Waals surface area contributed by atoms with Crippen LogP contribution in [0.4, 0.5) is 0 Å². The lowest BCUT2D eigenvalue weighted by Gasteiger charge is -2.45. The van der Waals surface area contributed by atoms with E-state index in [1.165, 1.54) is 32.6 Å². The average Bonchev–Trinajstić information content (AvgIpc) is 2.04. The zero-order chi connectivity index (χ0) is 18.0. The molecule has 0 fully saturated rings. The molecule has 0 N–H and O–H groups in total. The summed E-state index contributed by atoms with van der Waals surface area (Å²) in [6.07, 6.45) is 1.29. The largest absolute Gasteiger partial charge is 0.331 e. The zero-order valence-electron chi connectivity index (χ0n) is 17.8. The molecule has 0 radical (unpaired) electrons. The van der Waals surface area contributed by atoms with Crippen LogP contribution in [0, 0.1) is 5.41 Å². The lowest BCUT2D eigenvalue weighted by Crippen LogP contribution is -2.60. The van der Waals surface area contributed by atoms with Gasteiger partial charge in [0.2, 0.25) is 0 Å². The molecule has 0 saturated heterocycles. The predicted molar refractivity (Wildman–Crippen MR) is 98.6 cm³/mol. The molecular weight excluding hydrogens is 272 g/mol. The third kappa shape index (κ3) is 11.4. The topological polar surface area (TPSA) is 0 Å². The van der Waals surface area contributed by atoms with E-state index in [2.05, 4.69) is 84.6 Å². The van der Waals surface area contributed by atoms with E-state index in [0.717, 1.165) is 17.9 Å². The molecule has 4 nitrogen and oxygen atoms in total. The Bertz CT molecular complexity index is 293. The van der Waals surface area contributed by atoms with Crippen LogP contribution in [-0.4, -0.2) is 129 Å². The Morgan fingerprint density at radius 2 is 0.727 bits per heavy atom. The van der Waals surface area contributed by atoms with Crippen molar-refractivity contribution >= 4 is 0 Å². The minimum atomic E-state index is 0.361. The van der Waals surface area contributed by atoms with Crippen molar-refractivity contribution in [3.8, 4) is 0 Å². The van der Waals surface area contributed by atoms with Gasteiger partial charge in [0.15, 0.2) is 0 Å². The Kier molecular flexibility index (Phi) is 6.71. The molecular formula is C18H46N4+4. The van der Waals surface area contributed by atoms with Crippen LogP contribution in [0.5, 0.6) is 0 Å². The van der Waals surface area contributed by atoms with E-state index in [1.807, 2.05) is 0 Å². The molecule has 0 bridgehead atoms. The molecule has 0 aromatic rings. The monoisotopic (exact) mass is 318 g/mol. The van der Waals surface area contributed by atoms with Crippen molar-refractivity contribution in [3.05, 3.63) is 0 Å². The molecule has 0 aliphatic carbocycles. The fourth-order valence-corrected chi connectivity index (χ4v) is 3.98. The number of hydrogen-bond acceptors (Lipinski definition) is 0. The lowest BCUT2D eigenvalue weighted by atomic mass is 9.80. The van der Waals surface area contributed by atoms with E-state index < -0.39 is 0 Å². The third-order valence-electron chi connectivity index (χ3n) is 3.74. The van der Waals surface area contributed by atoms with Crippen LogP contribution in [0.25, 0.3) is 0 Å². The van der Waals surface area contributed by atoms with Gasteiger partial charge < -0.3 is 17.9 Å². The highest BCUT2D eigenvalue weighted by molar-refractivity contribution is 4.79. The molecule has 0 aliphatic rings. The summed E-state index contributed by atoms with van der Waals surface area (Å²) in [4.78, 5) is 0. The number of hydrogen-bond donors (Lipinski definition) is 0. The second-order valence-electron chi connectivity index (χ2n) is 11.6. The quantitative estimate of drug-likeness (QED) is 0.560. The maximum atomic E-state index is 2.34. The van der Waals surface area contributed by atoms with Crippen LogP contribution < -0.4 is 0 Å². The van der Waals surface area contributed by atoms with E-state index in [-0.39, 0.29) is 0 Å². The Labute approximate surface area is 141 Å². The maximum Gasteiger partial charge on any atom is 0.122 e. The SMILES string of the molecule is C[N+](C)(C)CCC(C[N+](C)(C)C)(C[N+](C)(C)C)C[N+](C)(C)C. The molecule has 0 unspecified atom stereocenters. The summed E-state index contributed by atoms with van der Waals surface area (Å²) in [6.45, 7) is 4.94. The molecule has 22 heavy (non-hydrogen) atoms. The first kappa shape index (κ1) is 21.8. The van der Waals surface area contributed by atoms with E-state index in [1.54, 1.807) is 0 Å². The van der Waals surface area contributed by atoms with Gasteiger partial charge in [-0.25, -0.2) is 0 Å². The van der Waals surface area contributed by atoms with Gasteiger partial charge in [-0.3, -0.25) is 0 Å². The lowest BCUT2D eigenvalue weighted by molar-refractivity contribution is -0.928. The highest BCUT2D eigenvalue weighted by atomic mass is 15.4. The van der Waals surface area contributed by atoms with Crippen LogP contribution in [0.2, 0.25) is 0 Å². The highest BCUT2D eigenvalue weighted by Crippen LogP contribution is 2.31. The first-order chi connectivity index (χ1) is 9.33. The second-order valence-corrected chi connectivity index (χ2v) is 11.6. The van der Waals surface area contributed by atoms with Crippen LogP contribution >= 0.6 is 0 Å². The standard InChI is InChI=1S/C18H46N4/c1-19(2,3)14-13-18(15-20(4,5)6,16-21(7,8)9)17-22(10,11)12/h13-17H2,1-12H3/q+4. The Morgan fingerprint density at radius 1 is 0.455 bits per heavy atom. The maximum absolute atomic E-state index is 2.34. The van der Waals surface area contributed by atoms with E-state index in [4.69, 9.17) is 0 Å². The predicted octanol–water partition coefficient (Wildman–Crippen LogP) is 1.19. The molecule has 0 saturated carbocycles. The van der Waals surface area contributed by atoms with Crippen LogP contribution in [-0.2, 0) is 0 Å². The molecule has 0 atom stereocenters. The second kappa shape index (κ2) is 6.76. The highest BCUT2D eigenvalue weighted by Gasteiger charge is 2.45. The fourth-order valence-electron chi connectivity index (χ4n) is 3.98. The number of quaternary nitrogens is 4. The van der Waals surface area contributed by atoms with Gasteiger partial charge in [0, 0.05) is 6.42 Å². The zero-order valence-corrected chi connectivity index (χ0v) is 17.8. The molecule has 0 amide bonds. The van der Waals surface area contributed by atoms with Crippen LogP contribution in [0.3, 0.4) is 0 Å². The number of nitrogens with zero attached hydrogens (tertiary/aromatic N) is 4. The van der Waals surface area contributed by atoms with Gasteiger partial charge in [0.25, 0.3) is 0 Å². The van der Waals surface area contributed by atoms with Crippen molar-refractivity contribution in [2.24, 2.45) is 5.41 Å².